The summed E-state index contributed by atoms with van der Waals surface area (Å²) in [7, 11) is 0. The van der Waals surface area contributed by atoms with Gasteiger partial charge in [0.15, 0.2) is 12.0 Å². The topological polar surface area (TPSA) is 84.5 Å². The molecule has 0 aliphatic heterocycles. The number of ether oxygens (including phenoxy) is 1. The molecule has 2 aromatic carbocycles. The highest BCUT2D eigenvalue weighted by atomic mass is 16.5. The Labute approximate surface area is 197 Å². The van der Waals surface area contributed by atoms with E-state index < -0.39 is 18.2 Å². The first-order valence-corrected chi connectivity index (χ1v) is 11.6. The Morgan fingerprint density at radius 2 is 1.67 bits per heavy atom. The second kappa shape index (κ2) is 13.5. The van der Waals surface area contributed by atoms with Crippen LogP contribution < -0.4 is 10.6 Å². The molecule has 0 fully saturated rings. The van der Waals surface area contributed by atoms with Gasteiger partial charge in [-0.15, -0.1) is 0 Å². The third-order valence-corrected chi connectivity index (χ3v) is 5.54. The summed E-state index contributed by atoms with van der Waals surface area (Å²) in [5.74, 6) is -0.390. The summed E-state index contributed by atoms with van der Waals surface area (Å²) in [5, 5.41) is 6.05. The highest BCUT2D eigenvalue weighted by Gasteiger charge is 2.28. The lowest BCUT2D eigenvalue weighted by molar-refractivity contribution is -0.136. The monoisotopic (exact) mass is 452 g/mol. The van der Waals surface area contributed by atoms with E-state index in [9.17, 15) is 14.4 Å². The number of aryl methyl sites for hydroxylation is 2. The maximum Gasteiger partial charge on any atom is 0.294 e. The smallest absolute Gasteiger partial charge is 0.294 e. The average Bonchev–Trinajstić information content (AvgIpc) is 2.77. The van der Waals surface area contributed by atoms with Crippen LogP contribution in [-0.4, -0.2) is 30.4 Å². The molecule has 2 N–H and O–H groups in total. The molecule has 0 saturated carbocycles. The van der Waals surface area contributed by atoms with Gasteiger partial charge in [-0.2, -0.15) is 0 Å². The van der Waals surface area contributed by atoms with Crippen molar-refractivity contribution in [3.63, 3.8) is 0 Å². The first kappa shape index (κ1) is 26.3. The van der Waals surface area contributed by atoms with Crippen LogP contribution in [0.4, 0.5) is 5.69 Å². The Morgan fingerprint density at radius 1 is 1.00 bits per heavy atom. The SMILES string of the molecule is Cc1ccc(CC[C@H](N[C@H](C)OC=O)C(=O)C[C@@H](CC(C)C)C(=O)Nc2ccccc2)cc1. The minimum atomic E-state index is -0.601. The van der Waals surface area contributed by atoms with Crippen molar-refractivity contribution >= 4 is 23.9 Å². The van der Waals surface area contributed by atoms with Gasteiger partial charge in [-0.05, 0) is 56.7 Å². The first-order chi connectivity index (χ1) is 15.8. The zero-order valence-electron chi connectivity index (χ0n) is 20.0. The molecule has 2 aromatic rings. The van der Waals surface area contributed by atoms with Gasteiger partial charge in [-0.3, -0.25) is 19.7 Å². The normalized spacial score (nSPS) is 13.7. The number of hydrogen-bond acceptors (Lipinski definition) is 5. The third-order valence-electron chi connectivity index (χ3n) is 5.54. The molecule has 33 heavy (non-hydrogen) atoms. The number of carbonyl (C=O) groups excluding carboxylic acids is 3. The van der Waals surface area contributed by atoms with E-state index in [2.05, 4.69) is 22.8 Å². The van der Waals surface area contributed by atoms with E-state index in [0.717, 1.165) is 5.56 Å². The van der Waals surface area contributed by atoms with Crippen LogP contribution in [0.25, 0.3) is 0 Å². The summed E-state index contributed by atoms with van der Waals surface area (Å²) in [6, 6.07) is 16.9. The Morgan fingerprint density at radius 3 is 2.27 bits per heavy atom. The summed E-state index contributed by atoms with van der Waals surface area (Å²) >= 11 is 0. The van der Waals surface area contributed by atoms with Gasteiger partial charge in [0.1, 0.15) is 0 Å². The molecule has 0 heterocycles. The summed E-state index contributed by atoms with van der Waals surface area (Å²) < 4.78 is 4.96. The number of anilines is 1. The number of hydrogen-bond donors (Lipinski definition) is 2. The highest BCUT2D eigenvalue weighted by molar-refractivity contribution is 5.96. The zero-order valence-corrected chi connectivity index (χ0v) is 20.0. The molecular weight excluding hydrogens is 416 g/mol. The standard InChI is InChI=1S/C27H36N2O4/c1-19(2)16-23(27(32)29-24-8-6-5-7-9-24)17-26(31)25(28-21(4)33-18-30)15-14-22-12-10-20(3)11-13-22/h5-13,18-19,21,23,25,28H,14-17H2,1-4H3,(H,29,32)/t21-,23+,25-/m0/s1. The van der Waals surface area contributed by atoms with Gasteiger partial charge in [0.05, 0.1) is 6.04 Å². The maximum atomic E-state index is 13.3. The fraction of sp³-hybridized carbons (Fsp3) is 0.444. The van der Waals surface area contributed by atoms with E-state index in [0.29, 0.717) is 31.4 Å². The van der Waals surface area contributed by atoms with Crippen LogP contribution in [0.3, 0.4) is 0 Å². The van der Waals surface area contributed by atoms with Crippen molar-refractivity contribution in [3.8, 4) is 0 Å². The molecule has 0 aliphatic rings. The largest absolute Gasteiger partial charge is 0.449 e. The number of ketones is 1. The van der Waals surface area contributed by atoms with Gasteiger partial charge in [0.2, 0.25) is 5.91 Å². The van der Waals surface area contributed by atoms with Crippen molar-refractivity contribution in [1.82, 2.24) is 5.32 Å². The van der Waals surface area contributed by atoms with Crippen LogP contribution in [0.5, 0.6) is 0 Å². The predicted octanol–water partition coefficient (Wildman–Crippen LogP) is 4.67. The summed E-state index contributed by atoms with van der Waals surface area (Å²) in [5.41, 5.74) is 3.02. The molecular formula is C27H36N2O4. The van der Waals surface area contributed by atoms with E-state index in [1.54, 1.807) is 6.92 Å². The van der Waals surface area contributed by atoms with Crippen molar-refractivity contribution < 1.29 is 19.1 Å². The predicted molar refractivity (Wildman–Crippen MR) is 131 cm³/mol. The first-order valence-electron chi connectivity index (χ1n) is 11.6. The molecule has 2 rings (SSSR count). The van der Waals surface area contributed by atoms with Crippen molar-refractivity contribution in [2.24, 2.45) is 11.8 Å². The number of benzene rings is 2. The number of nitrogens with one attached hydrogen (secondary N) is 2. The number of rotatable bonds is 14. The van der Waals surface area contributed by atoms with Gasteiger partial charge < -0.3 is 10.1 Å². The third kappa shape index (κ3) is 9.58. The van der Waals surface area contributed by atoms with Crippen molar-refractivity contribution in [3.05, 3.63) is 65.7 Å². The van der Waals surface area contributed by atoms with E-state index in [1.165, 1.54) is 5.56 Å². The molecule has 0 aliphatic carbocycles. The Kier molecular flexibility index (Phi) is 10.8. The molecule has 0 unspecified atom stereocenters. The van der Waals surface area contributed by atoms with Gasteiger partial charge in [-0.1, -0.05) is 61.9 Å². The minimum absolute atomic E-state index is 0.0580. The molecule has 3 atom stereocenters. The van der Waals surface area contributed by atoms with Gasteiger partial charge in [-0.25, -0.2) is 0 Å². The van der Waals surface area contributed by atoms with Crippen molar-refractivity contribution in [2.45, 2.75) is 65.6 Å². The van der Waals surface area contributed by atoms with Gasteiger partial charge >= 0.3 is 0 Å². The molecule has 0 aromatic heterocycles. The number of Topliss-reactive ketones (excluding diaryl/α,β-unsaturated/α-hetero) is 1. The minimum Gasteiger partial charge on any atom is -0.449 e. The molecule has 0 bridgehead atoms. The van der Waals surface area contributed by atoms with E-state index in [4.69, 9.17) is 4.74 Å². The molecule has 0 spiro atoms. The molecule has 1 amide bonds. The van der Waals surface area contributed by atoms with Crippen molar-refractivity contribution in [1.29, 1.82) is 0 Å². The van der Waals surface area contributed by atoms with Crippen LogP contribution in [0, 0.1) is 18.8 Å². The highest BCUT2D eigenvalue weighted by Crippen LogP contribution is 2.21. The van der Waals surface area contributed by atoms with Crippen LogP contribution in [0.1, 0.15) is 51.2 Å². The molecule has 6 nitrogen and oxygen atoms in total. The van der Waals surface area contributed by atoms with E-state index >= 15 is 0 Å². The van der Waals surface area contributed by atoms with E-state index in [-0.39, 0.29) is 24.0 Å². The average molecular weight is 453 g/mol. The number of amides is 1. The summed E-state index contributed by atoms with van der Waals surface area (Å²) in [4.78, 5) is 37.0. The number of carbonyl (C=O) groups is 3. The quantitative estimate of drug-likeness (QED) is 0.322. The fourth-order valence-electron chi connectivity index (χ4n) is 3.81. The van der Waals surface area contributed by atoms with Gasteiger partial charge in [0, 0.05) is 18.0 Å². The Balaban J connectivity index is 2.11. The second-order valence-electron chi connectivity index (χ2n) is 8.97. The molecule has 6 heteroatoms. The van der Waals surface area contributed by atoms with Gasteiger partial charge in [0.25, 0.3) is 6.47 Å². The lowest BCUT2D eigenvalue weighted by Gasteiger charge is -2.24. The molecule has 0 radical (unpaired) electrons. The summed E-state index contributed by atoms with van der Waals surface area (Å²) in [6.45, 7) is 8.18. The van der Waals surface area contributed by atoms with Crippen LogP contribution in [-0.2, 0) is 25.5 Å². The van der Waals surface area contributed by atoms with Crippen LogP contribution in [0.15, 0.2) is 54.6 Å². The van der Waals surface area contributed by atoms with Crippen LogP contribution in [0.2, 0.25) is 0 Å². The van der Waals surface area contributed by atoms with E-state index in [1.807, 2.05) is 63.2 Å². The zero-order chi connectivity index (χ0) is 24.2. The lowest BCUT2D eigenvalue weighted by atomic mass is 9.88. The summed E-state index contributed by atoms with van der Waals surface area (Å²) in [6.07, 6.45) is 1.37. The fourth-order valence-corrected chi connectivity index (χ4v) is 3.81. The Hall–Kier alpha value is -2.99. The van der Waals surface area contributed by atoms with Crippen LogP contribution >= 0.6 is 0 Å². The molecule has 0 saturated heterocycles. The molecule has 178 valence electrons. The number of para-hydroxylation sites is 1. The lowest BCUT2D eigenvalue weighted by Crippen LogP contribution is -2.44. The Bertz CT molecular complexity index is 881. The maximum absolute atomic E-state index is 13.3. The second-order valence-corrected chi connectivity index (χ2v) is 8.97. The van der Waals surface area contributed by atoms with Crippen molar-refractivity contribution in [2.75, 3.05) is 5.32 Å².